The minimum absolute atomic E-state index is 0.145. The number of methoxy groups -OCH3 is 1. The van der Waals surface area contributed by atoms with Crippen LogP contribution in [0.4, 0.5) is 5.69 Å². The van der Waals surface area contributed by atoms with Crippen LogP contribution in [0.2, 0.25) is 0 Å². The Hall–Kier alpha value is -3.32. The van der Waals surface area contributed by atoms with Crippen LogP contribution < -0.4 is 14.4 Å². The lowest BCUT2D eigenvalue weighted by molar-refractivity contribution is -0.120. The average molecular weight is 481 g/mol. The Bertz CT molecular complexity index is 1230. The predicted octanol–water partition coefficient (Wildman–Crippen LogP) is 5.03. The van der Waals surface area contributed by atoms with Crippen LogP contribution in [0.3, 0.4) is 0 Å². The van der Waals surface area contributed by atoms with Crippen LogP contribution in [-0.4, -0.2) is 28.0 Å². The number of amides is 1. The molecule has 1 amide bonds. The summed E-state index contributed by atoms with van der Waals surface area (Å²) in [5.41, 5.74) is 3.28. The molecule has 0 radical (unpaired) electrons. The van der Waals surface area contributed by atoms with Crippen LogP contribution in [0.1, 0.15) is 43.0 Å². The maximum absolute atomic E-state index is 13.6. The summed E-state index contributed by atoms with van der Waals surface area (Å²) in [6.45, 7) is 5.58. The molecule has 0 aliphatic carbocycles. The first-order valence-corrected chi connectivity index (χ1v) is 12.8. The fourth-order valence-electron chi connectivity index (χ4n) is 3.98. The molecule has 0 heterocycles. The summed E-state index contributed by atoms with van der Waals surface area (Å²) in [5, 5.41) is 3.02. The fourth-order valence-corrected chi connectivity index (χ4v) is 5.46. The number of hydrogen-bond donors (Lipinski definition) is 1. The van der Waals surface area contributed by atoms with Gasteiger partial charge in [0.2, 0.25) is 5.91 Å². The average Bonchev–Trinajstić information content (AvgIpc) is 2.86. The van der Waals surface area contributed by atoms with E-state index in [0.29, 0.717) is 18.5 Å². The van der Waals surface area contributed by atoms with E-state index in [2.05, 4.69) is 5.32 Å². The number of rotatable bonds is 10. The number of nitrogens with zero attached hydrogens (tertiary/aromatic N) is 1. The Morgan fingerprint density at radius 2 is 1.68 bits per heavy atom. The van der Waals surface area contributed by atoms with Gasteiger partial charge in [0.1, 0.15) is 12.3 Å². The predicted molar refractivity (Wildman–Crippen MR) is 136 cm³/mol. The molecule has 0 fully saturated rings. The zero-order chi connectivity index (χ0) is 24.7. The number of hydrogen-bond acceptors (Lipinski definition) is 4. The van der Waals surface area contributed by atoms with E-state index >= 15 is 0 Å². The topological polar surface area (TPSA) is 75.7 Å². The molecule has 0 saturated heterocycles. The third-order valence-electron chi connectivity index (χ3n) is 5.82. The molecular weight excluding hydrogens is 448 g/mol. The minimum atomic E-state index is -3.95. The van der Waals surface area contributed by atoms with Crippen LogP contribution in [0, 0.1) is 6.92 Å². The molecular formula is C27H32N2O4S. The van der Waals surface area contributed by atoms with Crippen molar-refractivity contribution in [2.75, 3.05) is 18.0 Å². The molecule has 0 aliphatic rings. The van der Waals surface area contributed by atoms with Crippen molar-refractivity contribution in [2.24, 2.45) is 0 Å². The van der Waals surface area contributed by atoms with E-state index in [-0.39, 0.29) is 23.4 Å². The molecule has 1 N–H and O–H groups in total. The molecule has 0 bridgehead atoms. The summed E-state index contributed by atoms with van der Waals surface area (Å²) < 4.78 is 33.8. The first kappa shape index (κ1) is 25.3. The third-order valence-corrected chi connectivity index (χ3v) is 7.60. The minimum Gasteiger partial charge on any atom is -0.496 e. The van der Waals surface area contributed by atoms with E-state index in [1.165, 1.54) is 4.31 Å². The third kappa shape index (κ3) is 5.59. The van der Waals surface area contributed by atoms with Crippen LogP contribution in [-0.2, 0) is 21.2 Å². The molecule has 180 valence electrons. The van der Waals surface area contributed by atoms with Crippen LogP contribution in [0.5, 0.6) is 5.75 Å². The Kier molecular flexibility index (Phi) is 8.34. The van der Waals surface area contributed by atoms with Crippen molar-refractivity contribution in [1.29, 1.82) is 0 Å². The second-order valence-electron chi connectivity index (χ2n) is 8.06. The molecule has 0 saturated carbocycles. The molecule has 3 aromatic carbocycles. The molecule has 3 aromatic rings. The Morgan fingerprint density at radius 3 is 2.29 bits per heavy atom. The van der Waals surface area contributed by atoms with Crippen molar-refractivity contribution >= 4 is 21.6 Å². The number of para-hydroxylation sites is 1. The lowest BCUT2D eigenvalue weighted by Crippen LogP contribution is -2.42. The van der Waals surface area contributed by atoms with Gasteiger partial charge in [0.05, 0.1) is 23.7 Å². The number of aryl methyl sites for hydroxylation is 2. The van der Waals surface area contributed by atoms with Gasteiger partial charge in [-0.1, -0.05) is 62.4 Å². The molecule has 0 spiro atoms. The van der Waals surface area contributed by atoms with Crippen molar-refractivity contribution in [3.8, 4) is 5.75 Å². The number of anilines is 1. The van der Waals surface area contributed by atoms with Crippen LogP contribution in [0.25, 0.3) is 0 Å². The van der Waals surface area contributed by atoms with Crippen molar-refractivity contribution < 1.29 is 17.9 Å². The number of carbonyl (C=O) groups excluding carboxylic acids is 1. The van der Waals surface area contributed by atoms with Crippen LogP contribution in [0.15, 0.2) is 77.7 Å². The fraction of sp³-hybridized carbons (Fsp3) is 0.296. The molecule has 0 aliphatic heterocycles. The summed E-state index contributed by atoms with van der Waals surface area (Å²) in [6, 6.07) is 21.0. The highest BCUT2D eigenvalue weighted by Crippen LogP contribution is 2.28. The Balaban J connectivity index is 1.93. The highest BCUT2D eigenvalue weighted by atomic mass is 32.2. The smallest absolute Gasteiger partial charge is 0.264 e. The summed E-state index contributed by atoms with van der Waals surface area (Å²) in [6.07, 6.45) is 1.30. The van der Waals surface area contributed by atoms with Crippen molar-refractivity contribution in [1.82, 2.24) is 5.32 Å². The normalized spacial score (nSPS) is 12.1. The lowest BCUT2D eigenvalue weighted by Gasteiger charge is -2.27. The summed E-state index contributed by atoms with van der Waals surface area (Å²) in [4.78, 5) is 13.4. The van der Waals surface area contributed by atoms with Gasteiger partial charge < -0.3 is 10.1 Å². The maximum atomic E-state index is 13.6. The molecule has 1 atom stereocenters. The molecule has 6 nitrogen and oxygen atoms in total. The summed E-state index contributed by atoms with van der Waals surface area (Å²) in [5.74, 6) is 0.409. The van der Waals surface area contributed by atoms with Gasteiger partial charge in [-0.05, 0) is 60.7 Å². The maximum Gasteiger partial charge on any atom is 0.264 e. The van der Waals surface area contributed by atoms with Gasteiger partial charge in [-0.2, -0.15) is 0 Å². The summed E-state index contributed by atoms with van der Waals surface area (Å²) in [7, 11) is -2.33. The number of ether oxygens (including phenoxy) is 1. The van der Waals surface area contributed by atoms with E-state index in [1.807, 2.05) is 51.1 Å². The largest absolute Gasteiger partial charge is 0.496 e. The van der Waals surface area contributed by atoms with Gasteiger partial charge >= 0.3 is 0 Å². The first-order valence-electron chi connectivity index (χ1n) is 11.4. The van der Waals surface area contributed by atoms with Gasteiger partial charge in [0.25, 0.3) is 10.0 Å². The zero-order valence-corrected chi connectivity index (χ0v) is 20.9. The van der Waals surface area contributed by atoms with Gasteiger partial charge in [0.15, 0.2) is 0 Å². The van der Waals surface area contributed by atoms with Gasteiger partial charge in [-0.25, -0.2) is 8.42 Å². The van der Waals surface area contributed by atoms with E-state index in [1.54, 1.807) is 49.6 Å². The standard InChI is InChI=1S/C27H32N2O4S/c1-5-21-12-10-11-15-25(21)29(34(31,32)23-13-8-7-9-14-23)19-27(30)28-24(6-2)22-16-17-26(33-4)20(3)18-22/h7-18,24H,5-6,19H2,1-4H3,(H,28,30). The van der Waals surface area contributed by atoms with Gasteiger partial charge in [-0.15, -0.1) is 0 Å². The summed E-state index contributed by atoms with van der Waals surface area (Å²) >= 11 is 0. The van der Waals surface area contributed by atoms with Gasteiger partial charge in [0, 0.05) is 0 Å². The Morgan fingerprint density at radius 1 is 1.00 bits per heavy atom. The Labute approximate surface area is 202 Å². The quantitative estimate of drug-likeness (QED) is 0.442. The van der Waals surface area contributed by atoms with E-state index in [9.17, 15) is 13.2 Å². The first-order chi connectivity index (χ1) is 16.3. The molecule has 34 heavy (non-hydrogen) atoms. The van der Waals surface area contributed by atoms with Crippen molar-refractivity contribution in [3.05, 3.63) is 89.5 Å². The molecule has 3 rings (SSSR count). The number of nitrogens with one attached hydrogen (secondary N) is 1. The van der Waals surface area contributed by atoms with E-state index in [0.717, 1.165) is 22.4 Å². The second kappa shape index (κ2) is 11.2. The number of sulfonamides is 1. The molecule has 1 unspecified atom stereocenters. The number of carbonyl (C=O) groups is 1. The second-order valence-corrected chi connectivity index (χ2v) is 9.93. The number of benzene rings is 3. The van der Waals surface area contributed by atoms with Crippen molar-refractivity contribution in [3.63, 3.8) is 0 Å². The van der Waals surface area contributed by atoms with Crippen molar-refractivity contribution in [2.45, 2.75) is 44.6 Å². The highest BCUT2D eigenvalue weighted by Gasteiger charge is 2.29. The van der Waals surface area contributed by atoms with Gasteiger partial charge in [-0.3, -0.25) is 9.10 Å². The monoisotopic (exact) mass is 480 g/mol. The zero-order valence-electron chi connectivity index (χ0n) is 20.1. The van der Waals surface area contributed by atoms with E-state index in [4.69, 9.17) is 4.74 Å². The molecule has 7 heteroatoms. The van der Waals surface area contributed by atoms with E-state index < -0.39 is 10.0 Å². The highest BCUT2D eigenvalue weighted by molar-refractivity contribution is 7.92. The molecule has 0 aromatic heterocycles. The van der Waals surface area contributed by atoms with Crippen LogP contribution >= 0.6 is 0 Å². The SMILES string of the molecule is CCc1ccccc1N(CC(=O)NC(CC)c1ccc(OC)c(C)c1)S(=O)(=O)c1ccccc1. The lowest BCUT2D eigenvalue weighted by atomic mass is 10.0.